The molecule has 0 saturated heterocycles. The molecule has 2 heteroatoms. The van der Waals surface area contributed by atoms with Gasteiger partial charge in [0.05, 0.1) is 0 Å². The lowest BCUT2D eigenvalue weighted by Crippen LogP contribution is -1.89. The van der Waals surface area contributed by atoms with Crippen LogP contribution in [0.15, 0.2) is 54.9 Å². The molecule has 2 rings (SSSR count). The molecule has 0 radical (unpaired) electrons. The first kappa shape index (κ1) is 12.5. The van der Waals surface area contributed by atoms with Gasteiger partial charge < -0.3 is 0 Å². The second kappa shape index (κ2) is 6.10. The van der Waals surface area contributed by atoms with Crippen molar-refractivity contribution in [3.8, 4) is 0 Å². The smallest absolute Gasteiger partial charge is 0.123 e. The number of rotatable bonds is 4. The fraction of sp³-hybridized carbons (Fsp3) is 0.188. The summed E-state index contributed by atoms with van der Waals surface area (Å²) in [4.78, 5) is 4.14. The van der Waals surface area contributed by atoms with E-state index in [1.165, 1.54) is 12.1 Å². The lowest BCUT2D eigenvalue weighted by molar-refractivity contribution is 0.627. The standard InChI is InChI=1S/C16H16FN/c1-2-3-6-16(14-5-4-11-18-12-14)13-7-9-15(17)10-8-13/h4-12H,2-3H2,1H3. The summed E-state index contributed by atoms with van der Waals surface area (Å²) in [6.45, 7) is 2.14. The summed E-state index contributed by atoms with van der Waals surface area (Å²) >= 11 is 0. The zero-order chi connectivity index (χ0) is 12.8. The molecule has 0 N–H and O–H groups in total. The highest BCUT2D eigenvalue weighted by Gasteiger charge is 2.04. The number of nitrogens with zero attached hydrogens (tertiary/aromatic N) is 1. The Bertz CT molecular complexity index is 515. The van der Waals surface area contributed by atoms with E-state index in [1.807, 2.05) is 30.5 Å². The molecule has 0 amide bonds. The van der Waals surface area contributed by atoms with Gasteiger partial charge in [0.2, 0.25) is 0 Å². The second-order valence-electron chi connectivity index (χ2n) is 4.16. The molecular formula is C16H16FN. The highest BCUT2D eigenvalue weighted by atomic mass is 19.1. The average Bonchev–Trinajstić information content (AvgIpc) is 2.42. The molecular weight excluding hydrogens is 225 g/mol. The predicted molar refractivity (Wildman–Crippen MR) is 72.6 cm³/mol. The Hall–Kier alpha value is -1.96. The third kappa shape index (κ3) is 3.04. The van der Waals surface area contributed by atoms with Gasteiger partial charge in [-0.3, -0.25) is 4.98 Å². The Morgan fingerprint density at radius 2 is 1.94 bits per heavy atom. The topological polar surface area (TPSA) is 12.9 Å². The van der Waals surface area contributed by atoms with Crippen LogP contribution in [-0.2, 0) is 0 Å². The van der Waals surface area contributed by atoms with Gasteiger partial charge in [0.1, 0.15) is 5.82 Å². The maximum atomic E-state index is 13.0. The van der Waals surface area contributed by atoms with E-state index in [1.54, 1.807) is 6.20 Å². The largest absolute Gasteiger partial charge is 0.264 e. The van der Waals surface area contributed by atoms with Crippen molar-refractivity contribution in [2.45, 2.75) is 19.8 Å². The molecule has 1 aromatic heterocycles. The van der Waals surface area contributed by atoms with Gasteiger partial charge in [0.15, 0.2) is 0 Å². The minimum Gasteiger partial charge on any atom is -0.264 e. The van der Waals surface area contributed by atoms with E-state index in [0.29, 0.717) is 0 Å². The van der Waals surface area contributed by atoms with Gasteiger partial charge in [-0.1, -0.05) is 37.6 Å². The molecule has 92 valence electrons. The first-order chi connectivity index (χ1) is 8.81. The van der Waals surface area contributed by atoms with E-state index in [-0.39, 0.29) is 5.82 Å². The predicted octanol–water partition coefficient (Wildman–Crippen LogP) is 4.45. The zero-order valence-electron chi connectivity index (χ0n) is 10.4. The van der Waals surface area contributed by atoms with Crippen molar-refractivity contribution in [3.05, 3.63) is 71.8 Å². The van der Waals surface area contributed by atoms with Crippen molar-refractivity contribution in [2.75, 3.05) is 0 Å². The molecule has 0 saturated carbocycles. The molecule has 1 heterocycles. The fourth-order valence-corrected chi connectivity index (χ4v) is 1.84. The summed E-state index contributed by atoms with van der Waals surface area (Å²) in [6.07, 6.45) is 7.87. The van der Waals surface area contributed by atoms with Gasteiger partial charge in [-0.25, -0.2) is 4.39 Å². The van der Waals surface area contributed by atoms with Crippen molar-refractivity contribution >= 4 is 5.57 Å². The minimum absolute atomic E-state index is 0.209. The Morgan fingerprint density at radius 3 is 2.56 bits per heavy atom. The van der Waals surface area contributed by atoms with E-state index in [9.17, 15) is 4.39 Å². The van der Waals surface area contributed by atoms with Gasteiger partial charge in [0, 0.05) is 18.0 Å². The maximum absolute atomic E-state index is 13.0. The van der Waals surface area contributed by atoms with Gasteiger partial charge >= 0.3 is 0 Å². The Balaban J connectivity index is 2.40. The second-order valence-corrected chi connectivity index (χ2v) is 4.16. The van der Waals surface area contributed by atoms with E-state index in [0.717, 1.165) is 29.5 Å². The SMILES string of the molecule is CCCC=C(c1ccc(F)cc1)c1cccnc1. The highest BCUT2D eigenvalue weighted by Crippen LogP contribution is 2.23. The van der Waals surface area contributed by atoms with E-state index < -0.39 is 0 Å². The van der Waals surface area contributed by atoms with Crippen LogP contribution in [0.2, 0.25) is 0 Å². The maximum Gasteiger partial charge on any atom is 0.123 e. The first-order valence-electron chi connectivity index (χ1n) is 6.17. The number of allylic oxidation sites excluding steroid dienone is 1. The molecule has 1 nitrogen and oxygen atoms in total. The average molecular weight is 241 g/mol. The molecule has 0 atom stereocenters. The van der Waals surface area contributed by atoms with Crippen LogP contribution >= 0.6 is 0 Å². The number of benzene rings is 1. The number of pyridine rings is 1. The van der Waals surface area contributed by atoms with Crippen LogP contribution in [0.3, 0.4) is 0 Å². The van der Waals surface area contributed by atoms with Crippen molar-refractivity contribution < 1.29 is 4.39 Å². The van der Waals surface area contributed by atoms with Gasteiger partial charge in [-0.15, -0.1) is 0 Å². The summed E-state index contributed by atoms with van der Waals surface area (Å²) in [5, 5.41) is 0. The van der Waals surface area contributed by atoms with Crippen LogP contribution in [-0.4, -0.2) is 4.98 Å². The monoisotopic (exact) mass is 241 g/mol. The molecule has 0 aliphatic heterocycles. The molecule has 1 aromatic carbocycles. The van der Waals surface area contributed by atoms with E-state index in [4.69, 9.17) is 0 Å². The highest BCUT2D eigenvalue weighted by molar-refractivity contribution is 5.79. The molecule has 18 heavy (non-hydrogen) atoms. The molecule has 0 aliphatic rings. The van der Waals surface area contributed by atoms with Gasteiger partial charge in [-0.05, 0) is 35.8 Å². The summed E-state index contributed by atoms with van der Waals surface area (Å²) < 4.78 is 13.0. The van der Waals surface area contributed by atoms with Crippen LogP contribution in [0.1, 0.15) is 30.9 Å². The van der Waals surface area contributed by atoms with Crippen molar-refractivity contribution in [3.63, 3.8) is 0 Å². The molecule has 0 fully saturated rings. The molecule has 0 unspecified atom stereocenters. The van der Waals surface area contributed by atoms with Gasteiger partial charge in [0.25, 0.3) is 0 Å². The van der Waals surface area contributed by atoms with Crippen LogP contribution in [0.5, 0.6) is 0 Å². The Labute approximate surface area is 107 Å². The van der Waals surface area contributed by atoms with Gasteiger partial charge in [-0.2, -0.15) is 0 Å². The molecule has 0 aliphatic carbocycles. The third-order valence-electron chi connectivity index (χ3n) is 2.76. The number of aromatic nitrogens is 1. The van der Waals surface area contributed by atoms with E-state index >= 15 is 0 Å². The lowest BCUT2D eigenvalue weighted by atomic mass is 9.98. The number of halogens is 1. The molecule has 0 spiro atoms. The van der Waals surface area contributed by atoms with Crippen molar-refractivity contribution in [1.29, 1.82) is 0 Å². The van der Waals surface area contributed by atoms with Crippen LogP contribution in [0.4, 0.5) is 4.39 Å². The summed E-state index contributed by atoms with van der Waals surface area (Å²) in [7, 11) is 0. The fourth-order valence-electron chi connectivity index (χ4n) is 1.84. The van der Waals surface area contributed by atoms with E-state index in [2.05, 4.69) is 18.0 Å². The Kier molecular flexibility index (Phi) is 4.24. The molecule has 2 aromatic rings. The lowest BCUT2D eigenvalue weighted by Gasteiger charge is -2.08. The van der Waals surface area contributed by atoms with Crippen molar-refractivity contribution in [1.82, 2.24) is 4.98 Å². The Morgan fingerprint density at radius 1 is 1.17 bits per heavy atom. The first-order valence-corrected chi connectivity index (χ1v) is 6.17. The minimum atomic E-state index is -0.209. The zero-order valence-corrected chi connectivity index (χ0v) is 10.4. The van der Waals surface area contributed by atoms with Crippen LogP contribution in [0, 0.1) is 5.82 Å². The molecule has 0 bridgehead atoms. The summed E-state index contributed by atoms with van der Waals surface area (Å²) in [5.74, 6) is -0.209. The number of hydrogen-bond acceptors (Lipinski definition) is 1. The number of unbranched alkanes of at least 4 members (excludes halogenated alkanes) is 1. The summed E-state index contributed by atoms with van der Waals surface area (Å²) in [5.41, 5.74) is 3.21. The van der Waals surface area contributed by atoms with Crippen LogP contribution < -0.4 is 0 Å². The summed E-state index contributed by atoms with van der Waals surface area (Å²) in [6, 6.07) is 10.5. The quantitative estimate of drug-likeness (QED) is 0.770. The normalized spacial score (nSPS) is 11.6. The number of hydrogen-bond donors (Lipinski definition) is 0. The van der Waals surface area contributed by atoms with Crippen LogP contribution in [0.25, 0.3) is 5.57 Å². The third-order valence-corrected chi connectivity index (χ3v) is 2.76. The van der Waals surface area contributed by atoms with Crippen molar-refractivity contribution in [2.24, 2.45) is 0 Å².